The summed E-state index contributed by atoms with van der Waals surface area (Å²) in [5, 5.41) is 6.25. The molecule has 0 fully saturated rings. The first-order valence-corrected chi connectivity index (χ1v) is 8.57. The SMILES string of the molecule is CCCNC(=NCc1ccc(OC(C)(C)C)nc1)NCC(=O)N(C)C.I. The number of nitrogens with one attached hydrogen (secondary N) is 2. The molecular formula is C18H32IN5O2. The zero-order valence-corrected chi connectivity index (χ0v) is 19.0. The van der Waals surface area contributed by atoms with Crippen LogP contribution in [0.5, 0.6) is 5.88 Å². The molecule has 7 nitrogen and oxygen atoms in total. The first-order chi connectivity index (χ1) is 11.7. The van der Waals surface area contributed by atoms with Crippen LogP contribution in [-0.2, 0) is 11.3 Å². The van der Waals surface area contributed by atoms with Crippen LogP contribution in [-0.4, -0.2) is 54.5 Å². The van der Waals surface area contributed by atoms with E-state index in [2.05, 4.69) is 27.5 Å². The number of nitrogens with zero attached hydrogens (tertiary/aromatic N) is 3. The monoisotopic (exact) mass is 477 g/mol. The molecule has 0 aliphatic carbocycles. The first kappa shape index (κ1) is 24.4. The van der Waals surface area contributed by atoms with Crippen molar-refractivity contribution in [2.75, 3.05) is 27.2 Å². The Balaban J connectivity index is 0.00000625. The van der Waals surface area contributed by atoms with Gasteiger partial charge in [-0.2, -0.15) is 0 Å². The van der Waals surface area contributed by atoms with Gasteiger partial charge in [0.15, 0.2) is 5.96 Å². The second-order valence-electron chi connectivity index (χ2n) is 6.95. The minimum Gasteiger partial charge on any atom is -0.472 e. The van der Waals surface area contributed by atoms with Gasteiger partial charge in [-0.15, -0.1) is 24.0 Å². The Morgan fingerprint density at radius 2 is 1.96 bits per heavy atom. The van der Waals surface area contributed by atoms with Gasteiger partial charge in [-0.05, 0) is 32.8 Å². The molecule has 0 bridgehead atoms. The molecule has 0 aliphatic heterocycles. The van der Waals surface area contributed by atoms with Crippen LogP contribution in [0.25, 0.3) is 0 Å². The zero-order chi connectivity index (χ0) is 18.9. The summed E-state index contributed by atoms with van der Waals surface area (Å²) in [5.74, 6) is 1.21. The number of ether oxygens (including phenoxy) is 1. The van der Waals surface area contributed by atoms with Crippen molar-refractivity contribution in [3.8, 4) is 5.88 Å². The number of rotatable bonds is 7. The number of hydrogen-bond donors (Lipinski definition) is 2. The third kappa shape index (κ3) is 10.4. The lowest BCUT2D eigenvalue weighted by Crippen LogP contribution is -2.43. The molecule has 1 amide bonds. The fourth-order valence-electron chi connectivity index (χ4n) is 1.78. The number of carbonyl (C=O) groups excluding carboxylic acids is 1. The lowest BCUT2D eigenvalue weighted by molar-refractivity contribution is -0.127. The van der Waals surface area contributed by atoms with E-state index >= 15 is 0 Å². The van der Waals surface area contributed by atoms with Crippen LogP contribution in [0.1, 0.15) is 39.7 Å². The Labute approximate surface area is 174 Å². The highest BCUT2D eigenvalue weighted by Gasteiger charge is 2.12. The van der Waals surface area contributed by atoms with Gasteiger partial charge in [-0.3, -0.25) is 4.79 Å². The molecule has 2 N–H and O–H groups in total. The lowest BCUT2D eigenvalue weighted by Gasteiger charge is -2.20. The van der Waals surface area contributed by atoms with Gasteiger partial charge in [0.25, 0.3) is 0 Å². The van der Waals surface area contributed by atoms with E-state index < -0.39 is 0 Å². The van der Waals surface area contributed by atoms with Gasteiger partial charge >= 0.3 is 0 Å². The van der Waals surface area contributed by atoms with Gasteiger partial charge < -0.3 is 20.3 Å². The predicted molar refractivity (Wildman–Crippen MR) is 116 cm³/mol. The number of aromatic nitrogens is 1. The molecule has 1 aromatic rings. The van der Waals surface area contributed by atoms with Crippen molar-refractivity contribution in [2.24, 2.45) is 4.99 Å². The summed E-state index contributed by atoms with van der Waals surface area (Å²) in [6, 6.07) is 3.79. The maximum atomic E-state index is 11.7. The highest BCUT2D eigenvalue weighted by Crippen LogP contribution is 2.15. The average Bonchev–Trinajstić information content (AvgIpc) is 2.53. The second kappa shape index (κ2) is 11.9. The number of amides is 1. The summed E-state index contributed by atoms with van der Waals surface area (Å²) in [5.41, 5.74) is 0.699. The van der Waals surface area contributed by atoms with Crippen LogP contribution < -0.4 is 15.4 Å². The Morgan fingerprint density at radius 1 is 1.27 bits per heavy atom. The molecular weight excluding hydrogens is 445 g/mol. The topological polar surface area (TPSA) is 78.9 Å². The molecule has 0 aliphatic rings. The van der Waals surface area contributed by atoms with E-state index in [4.69, 9.17) is 4.74 Å². The van der Waals surface area contributed by atoms with Crippen LogP contribution >= 0.6 is 24.0 Å². The smallest absolute Gasteiger partial charge is 0.241 e. The molecule has 148 valence electrons. The van der Waals surface area contributed by atoms with E-state index in [1.807, 2.05) is 32.9 Å². The van der Waals surface area contributed by atoms with Gasteiger partial charge in [0.2, 0.25) is 11.8 Å². The van der Waals surface area contributed by atoms with Gasteiger partial charge in [0, 0.05) is 32.9 Å². The van der Waals surface area contributed by atoms with Crippen molar-refractivity contribution in [3.05, 3.63) is 23.9 Å². The molecule has 8 heteroatoms. The Morgan fingerprint density at radius 3 is 2.46 bits per heavy atom. The van der Waals surface area contributed by atoms with Crippen LogP contribution in [0.4, 0.5) is 0 Å². The van der Waals surface area contributed by atoms with E-state index in [9.17, 15) is 4.79 Å². The number of carbonyl (C=O) groups is 1. The predicted octanol–water partition coefficient (Wildman–Crippen LogP) is 2.41. The molecule has 26 heavy (non-hydrogen) atoms. The number of pyridine rings is 1. The summed E-state index contributed by atoms with van der Waals surface area (Å²) < 4.78 is 5.71. The quantitative estimate of drug-likeness (QED) is 0.358. The van der Waals surface area contributed by atoms with Crippen molar-refractivity contribution >= 4 is 35.8 Å². The van der Waals surface area contributed by atoms with Gasteiger partial charge in [0.05, 0.1) is 13.1 Å². The fraction of sp³-hybridized carbons (Fsp3) is 0.611. The second-order valence-corrected chi connectivity index (χ2v) is 6.95. The third-order valence-corrected chi connectivity index (χ3v) is 3.08. The van der Waals surface area contributed by atoms with Crippen molar-refractivity contribution < 1.29 is 9.53 Å². The number of likely N-dealkylation sites (N-methyl/N-ethyl adjacent to an activating group) is 1. The normalized spacial score (nSPS) is 11.4. The average molecular weight is 477 g/mol. The van der Waals surface area contributed by atoms with E-state index in [-0.39, 0.29) is 42.0 Å². The summed E-state index contributed by atoms with van der Waals surface area (Å²) in [6.45, 7) is 9.50. The van der Waals surface area contributed by atoms with Gasteiger partial charge in [0.1, 0.15) is 5.60 Å². The van der Waals surface area contributed by atoms with E-state index in [0.29, 0.717) is 18.4 Å². The van der Waals surface area contributed by atoms with Gasteiger partial charge in [-0.1, -0.05) is 13.0 Å². The molecule has 1 aromatic heterocycles. The van der Waals surface area contributed by atoms with Crippen LogP contribution in [0, 0.1) is 0 Å². The van der Waals surface area contributed by atoms with Crippen LogP contribution in [0.3, 0.4) is 0 Å². The fourth-order valence-corrected chi connectivity index (χ4v) is 1.78. The van der Waals surface area contributed by atoms with E-state index in [0.717, 1.165) is 18.5 Å². The maximum Gasteiger partial charge on any atom is 0.241 e. The number of aliphatic imine (C=N–C) groups is 1. The molecule has 0 saturated heterocycles. The van der Waals surface area contributed by atoms with Gasteiger partial charge in [-0.25, -0.2) is 9.98 Å². The number of guanidine groups is 1. The molecule has 0 aromatic carbocycles. The molecule has 0 saturated carbocycles. The molecule has 0 atom stereocenters. The largest absolute Gasteiger partial charge is 0.472 e. The minimum atomic E-state index is -0.271. The molecule has 0 radical (unpaired) electrons. The Hall–Kier alpha value is -1.58. The summed E-state index contributed by atoms with van der Waals surface area (Å²) in [7, 11) is 3.46. The van der Waals surface area contributed by atoms with E-state index in [1.54, 1.807) is 25.2 Å². The highest BCUT2D eigenvalue weighted by molar-refractivity contribution is 14.0. The van der Waals surface area contributed by atoms with Crippen LogP contribution in [0.2, 0.25) is 0 Å². The molecule has 0 unspecified atom stereocenters. The Bertz CT molecular complexity index is 568. The van der Waals surface area contributed by atoms with E-state index in [1.165, 1.54) is 0 Å². The van der Waals surface area contributed by atoms with Crippen molar-refractivity contribution in [1.82, 2.24) is 20.5 Å². The van der Waals surface area contributed by atoms with Crippen molar-refractivity contribution in [2.45, 2.75) is 46.3 Å². The molecule has 1 heterocycles. The number of halogens is 1. The van der Waals surface area contributed by atoms with Crippen molar-refractivity contribution in [1.29, 1.82) is 0 Å². The zero-order valence-electron chi connectivity index (χ0n) is 16.6. The molecule has 1 rings (SSSR count). The number of hydrogen-bond acceptors (Lipinski definition) is 4. The highest BCUT2D eigenvalue weighted by atomic mass is 127. The summed E-state index contributed by atoms with van der Waals surface area (Å²) >= 11 is 0. The third-order valence-electron chi connectivity index (χ3n) is 3.08. The Kier molecular flexibility index (Phi) is 11.2. The minimum absolute atomic E-state index is 0. The first-order valence-electron chi connectivity index (χ1n) is 8.57. The maximum absolute atomic E-state index is 11.7. The molecule has 0 spiro atoms. The van der Waals surface area contributed by atoms with Crippen molar-refractivity contribution in [3.63, 3.8) is 0 Å². The lowest BCUT2D eigenvalue weighted by atomic mass is 10.2. The summed E-state index contributed by atoms with van der Waals surface area (Å²) in [6.07, 6.45) is 2.73. The summed E-state index contributed by atoms with van der Waals surface area (Å²) in [4.78, 5) is 22.1. The van der Waals surface area contributed by atoms with Crippen LogP contribution in [0.15, 0.2) is 23.3 Å². The standard InChI is InChI=1S/C18H31N5O2.HI/c1-7-10-19-17(22-13-16(24)23(5)6)21-12-14-8-9-15(20-11-14)25-18(2,3)4;/h8-9,11H,7,10,12-13H2,1-6H3,(H2,19,21,22);1H.